The lowest BCUT2D eigenvalue weighted by Crippen LogP contribution is -2.46. The van der Waals surface area contributed by atoms with Gasteiger partial charge in [0.15, 0.2) is 0 Å². The minimum atomic E-state index is -3.95. The van der Waals surface area contributed by atoms with Crippen LogP contribution in [0.4, 0.5) is 4.39 Å². The van der Waals surface area contributed by atoms with Crippen LogP contribution < -0.4 is 0 Å². The summed E-state index contributed by atoms with van der Waals surface area (Å²) in [6, 6.07) is 0. The maximum absolute atomic E-state index is 12.8. The third-order valence-corrected chi connectivity index (χ3v) is 1.17. The van der Waals surface area contributed by atoms with Crippen LogP contribution in [0.5, 0.6) is 0 Å². The van der Waals surface area contributed by atoms with E-state index < -0.39 is 34.2 Å². The number of rotatable bonds is 6. The molecule has 0 saturated heterocycles. The molecule has 0 bridgehead atoms. The second-order valence-corrected chi connectivity index (χ2v) is 2.50. The van der Waals surface area contributed by atoms with E-state index in [1.807, 2.05) is 0 Å². The lowest BCUT2D eigenvalue weighted by atomic mass is 10.5. The minimum Gasteiger partial charge on any atom is -0.354 e. The van der Waals surface area contributed by atoms with Crippen LogP contribution in [0.3, 0.4) is 0 Å². The predicted molar refractivity (Wildman–Crippen MR) is 39.5 cm³/mol. The molecule has 0 radical (unpaired) electrons. The van der Waals surface area contributed by atoms with E-state index in [0.29, 0.717) is 0 Å². The summed E-state index contributed by atoms with van der Waals surface area (Å²) in [4.78, 5) is 26.4. The number of halogens is 2. The first-order chi connectivity index (χ1) is 6.30. The number of hydrogen-bond acceptors (Lipinski definition) is 6. The molecule has 0 fully saturated rings. The van der Waals surface area contributed by atoms with Gasteiger partial charge in [0, 0.05) is 0 Å². The highest BCUT2D eigenvalue weighted by molar-refractivity contribution is 6.63. The Balaban J connectivity index is 4.32. The molecule has 0 aromatic rings. The molecule has 0 aliphatic carbocycles. The lowest BCUT2D eigenvalue weighted by molar-refractivity contribution is -0.833. The monoisotopic (exact) mass is 230 g/mol. The van der Waals surface area contributed by atoms with Crippen LogP contribution in [0.15, 0.2) is 0 Å². The molecule has 80 valence electrons. The van der Waals surface area contributed by atoms with Gasteiger partial charge in [0.2, 0.25) is 11.8 Å². The Hall–Kier alpha value is -1.35. The third-order valence-electron chi connectivity index (χ3n) is 1.06. The Morgan fingerprint density at radius 2 is 1.86 bits per heavy atom. The van der Waals surface area contributed by atoms with Gasteiger partial charge in [-0.15, -0.1) is 0 Å². The quantitative estimate of drug-likeness (QED) is 0.208. The minimum absolute atomic E-state index is 0.838. The van der Waals surface area contributed by atoms with Crippen LogP contribution in [-0.4, -0.2) is 34.2 Å². The summed E-state index contributed by atoms with van der Waals surface area (Å²) in [7, 11) is 0. The van der Waals surface area contributed by atoms with Crippen LogP contribution in [0.25, 0.3) is 0 Å². The first-order valence-corrected chi connectivity index (χ1v) is 3.42. The Bertz CT molecular complexity index is 257. The third kappa shape index (κ3) is 3.18. The lowest BCUT2D eigenvalue weighted by Gasteiger charge is -2.06. The zero-order valence-corrected chi connectivity index (χ0v) is 7.27. The van der Waals surface area contributed by atoms with Crippen LogP contribution >= 0.6 is 11.6 Å². The fourth-order valence-corrected chi connectivity index (χ4v) is 0.510. The first kappa shape index (κ1) is 12.7. The number of carbonyl (C=O) groups excluding carboxylic acids is 1. The van der Waals surface area contributed by atoms with E-state index in [-0.39, 0.29) is 0 Å². The van der Waals surface area contributed by atoms with Crippen LogP contribution in [-0.2, 0) is 9.53 Å². The van der Waals surface area contributed by atoms with E-state index in [0.717, 1.165) is 0 Å². The topological polar surface area (TPSA) is 113 Å². The molecule has 0 aliphatic heterocycles. The summed E-state index contributed by atoms with van der Waals surface area (Å²) in [5.41, 5.74) is 0. The molecule has 14 heavy (non-hydrogen) atoms. The largest absolute Gasteiger partial charge is 0.637 e. The summed E-state index contributed by atoms with van der Waals surface area (Å²) < 4.78 is 16.9. The van der Waals surface area contributed by atoms with Crippen molar-refractivity contribution in [1.82, 2.24) is 0 Å². The standard InChI is InChI=1S/C4H4ClFN2O6/c5-3(9)1-14-2-4(6,7(10)11)8(12)13/h1-2H2. The van der Waals surface area contributed by atoms with Gasteiger partial charge in [-0.3, -0.25) is 25.0 Å². The number of hydrogen-bond donors (Lipinski definition) is 0. The maximum atomic E-state index is 12.8. The number of nitro groups is 2. The summed E-state index contributed by atoms with van der Waals surface area (Å²) in [6.45, 7) is -2.32. The smallest absolute Gasteiger partial charge is 0.354 e. The van der Waals surface area contributed by atoms with Gasteiger partial charge < -0.3 is 4.74 Å². The van der Waals surface area contributed by atoms with Gasteiger partial charge in [0.1, 0.15) is 16.5 Å². The Labute approximate surface area is 80.9 Å². The zero-order chi connectivity index (χ0) is 11.4. The van der Waals surface area contributed by atoms with E-state index >= 15 is 0 Å². The maximum Gasteiger partial charge on any atom is 0.637 e. The second-order valence-electron chi connectivity index (χ2n) is 2.08. The van der Waals surface area contributed by atoms with Crippen molar-refractivity contribution in [2.75, 3.05) is 13.2 Å². The highest BCUT2D eigenvalue weighted by Gasteiger charge is 2.58. The molecule has 0 N–H and O–H groups in total. The summed E-state index contributed by atoms with van der Waals surface area (Å²) in [6.07, 6.45) is 0. The highest BCUT2D eigenvalue weighted by Crippen LogP contribution is 2.13. The van der Waals surface area contributed by atoms with Crippen molar-refractivity contribution >= 4 is 16.8 Å². The second kappa shape index (κ2) is 4.77. The van der Waals surface area contributed by atoms with Crippen molar-refractivity contribution in [3.8, 4) is 0 Å². The number of alkyl halides is 1. The summed E-state index contributed by atoms with van der Waals surface area (Å²) in [5.74, 6) is -3.95. The predicted octanol–water partition coefficient (Wildman–Crippen LogP) is -0.0549. The van der Waals surface area contributed by atoms with E-state index in [1.54, 1.807) is 0 Å². The molecule has 0 spiro atoms. The van der Waals surface area contributed by atoms with Gasteiger partial charge >= 0.3 is 5.92 Å². The highest BCUT2D eigenvalue weighted by atomic mass is 35.5. The zero-order valence-electron chi connectivity index (χ0n) is 6.51. The van der Waals surface area contributed by atoms with Gasteiger partial charge in [-0.1, -0.05) is 4.39 Å². The van der Waals surface area contributed by atoms with Crippen molar-refractivity contribution in [3.63, 3.8) is 0 Å². The molecule has 0 unspecified atom stereocenters. The summed E-state index contributed by atoms with van der Waals surface area (Å²) in [5, 5.41) is 18.8. The number of carbonyl (C=O) groups is 1. The molecule has 0 saturated carbocycles. The van der Waals surface area contributed by atoms with Gasteiger partial charge in [0.05, 0.1) is 0 Å². The molecule has 8 nitrogen and oxygen atoms in total. The van der Waals surface area contributed by atoms with Crippen molar-refractivity contribution < 1.29 is 23.8 Å². The molecular formula is C4H4ClFN2O6. The van der Waals surface area contributed by atoms with E-state index in [1.165, 1.54) is 0 Å². The average Bonchev–Trinajstić information content (AvgIpc) is 2.02. The van der Waals surface area contributed by atoms with E-state index in [9.17, 15) is 29.4 Å². The Morgan fingerprint density at radius 3 is 2.14 bits per heavy atom. The summed E-state index contributed by atoms with van der Waals surface area (Å²) >= 11 is 4.74. The molecule has 10 heteroatoms. The van der Waals surface area contributed by atoms with E-state index in [2.05, 4.69) is 4.74 Å². The van der Waals surface area contributed by atoms with Crippen LogP contribution in [0.2, 0.25) is 0 Å². The van der Waals surface area contributed by atoms with Gasteiger partial charge in [0.25, 0.3) is 0 Å². The fraction of sp³-hybridized carbons (Fsp3) is 0.750. The fourth-order valence-electron chi connectivity index (χ4n) is 0.433. The molecule has 0 aromatic carbocycles. The molecule has 0 aromatic heterocycles. The Kier molecular flexibility index (Phi) is 4.31. The average molecular weight is 231 g/mol. The first-order valence-electron chi connectivity index (χ1n) is 3.04. The van der Waals surface area contributed by atoms with Gasteiger partial charge in [-0.2, -0.15) is 0 Å². The van der Waals surface area contributed by atoms with Crippen molar-refractivity contribution in [1.29, 1.82) is 0 Å². The number of nitrogens with zero attached hydrogens (tertiary/aromatic N) is 2. The van der Waals surface area contributed by atoms with Crippen molar-refractivity contribution in [2.45, 2.75) is 5.92 Å². The van der Waals surface area contributed by atoms with Crippen LogP contribution in [0.1, 0.15) is 0 Å². The molecule has 0 aliphatic rings. The molecule has 0 atom stereocenters. The van der Waals surface area contributed by atoms with Crippen molar-refractivity contribution in [3.05, 3.63) is 20.2 Å². The molecule has 0 rings (SSSR count). The van der Waals surface area contributed by atoms with E-state index in [4.69, 9.17) is 11.6 Å². The number of ether oxygens (including phenoxy) is 1. The van der Waals surface area contributed by atoms with Gasteiger partial charge in [-0.05, 0) is 11.6 Å². The van der Waals surface area contributed by atoms with Crippen LogP contribution in [0, 0.1) is 20.2 Å². The molecule has 0 heterocycles. The van der Waals surface area contributed by atoms with Crippen molar-refractivity contribution in [2.24, 2.45) is 0 Å². The normalized spacial score (nSPS) is 11.0. The molecule has 0 amide bonds. The molecular weight excluding hydrogens is 227 g/mol. The SMILES string of the molecule is O=C(Cl)COCC(F)([N+](=O)[O-])[N+](=O)[O-]. The Morgan fingerprint density at radius 1 is 1.43 bits per heavy atom. The van der Waals surface area contributed by atoms with Gasteiger partial charge in [-0.25, -0.2) is 0 Å².